The van der Waals surface area contributed by atoms with Gasteiger partial charge in [0, 0.05) is 25.2 Å². The average molecular weight is 309 g/mol. The van der Waals surface area contributed by atoms with Crippen molar-refractivity contribution in [2.45, 2.75) is 45.1 Å². The van der Waals surface area contributed by atoms with Crippen molar-refractivity contribution in [2.24, 2.45) is 11.1 Å². The minimum absolute atomic E-state index is 0. The van der Waals surface area contributed by atoms with Crippen LogP contribution in [0, 0.1) is 5.41 Å². The van der Waals surface area contributed by atoms with Gasteiger partial charge in [-0.15, -0.1) is 12.4 Å². The molecule has 2 aliphatic rings. The van der Waals surface area contributed by atoms with E-state index in [0.717, 1.165) is 24.2 Å². The second kappa shape index (κ2) is 6.80. The standard InChI is InChI=1S/C17H24N2O.ClH/c18-12-14-4-6-15(7-5-14)16(20)19-11-10-17(13-19)8-2-1-3-9-17;/h4-7H,1-3,8-13,18H2;1H. The minimum atomic E-state index is 0. The molecule has 1 aromatic rings. The molecule has 1 amide bonds. The van der Waals surface area contributed by atoms with Crippen LogP contribution < -0.4 is 5.73 Å². The maximum absolute atomic E-state index is 12.6. The van der Waals surface area contributed by atoms with E-state index in [0.29, 0.717) is 12.0 Å². The number of carbonyl (C=O) groups is 1. The van der Waals surface area contributed by atoms with Crippen LogP contribution >= 0.6 is 12.4 Å². The Labute approximate surface area is 133 Å². The Balaban J connectivity index is 0.00000161. The molecule has 0 aromatic heterocycles. The van der Waals surface area contributed by atoms with Crippen molar-refractivity contribution in [2.75, 3.05) is 13.1 Å². The Hall–Kier alpha value is -1.06. The maximum atomic E-state index is 12.6. The van der Waals surface area contributed by atoms with Gasteiger partial charge in [0.2, 0.25) is 0 Å². The molecule has 1 heterocycles. The molecule has 0 bridgehead atoms. The number of benzene rings is 1. The van der Waals surface area contributed by atoms with Crippen LogP contribution in [0.2, 0.25) is 0 Å². The molecule has 4 heteroatoms. The molecule has 0 unspecified atom stereocenters. The van der Waals surface area contributed by atoms with Crippen molar-refractivity contribution in [3.8, 4) is 0 Å². The van der Waals surface area contributed by atoms with Gasteiger partial charge in [0.05, 0.1) is 0 Å². The fourth-order valence-corrected chi connectivity index (χ4v) is 3.78. The van der Waals surface area contributed by atoms with E-state index in [1.807, 2.05) is 24.3 Å². The number of carbonyl (C=O) groups excluding carboxylic acids is 1. The Morgan fingerprint density at radius 1 is 1.10 bits per heavy atom. The van der Waals surface area contributed by atoms with E-state index in [1.165, 1.54) is 38.5 Å². The number of hydrogen-bond donors (Lipinski definition) is 1. The van der Waals surface area contributed by atoms with Gasteiger partial charge < -0.3 is 10.6 Å². The summed E-state index contributed by atoms with van der Waals surface area (Å²) in [5.41, 5.74) is 7.91. The second-order valence-corrected chi connectivity index (χ2v) is 6.44. The molecule has 0 radical (unpaired) electrons. The molecule has 0 atom stereocenters. The highest BCUT2D eigenvalue weighted by Gasteiger charge is 2.40. The molecule has 1 saturated carbocycles. The first-order chi connectivity index (χ1) is 9.72. The number of likely N-dealkylation sites (tertiary alicyclic amines) is 1. The number of halogens is 1. The molecule has 2 N–H and O–H groups in total. The molecule has 3 nitrogen and oxygen atoms in total. The Kier molecular flexibility index (Phi) is 5.28. The van der Waals surface area contributed by atoms with Crippen LogP contribution in [0.25, 0.3) is 0 Å². The van der Waals surface area contributed by atoms with Crippen molar-refractivity contribution < 1.29 is 4.79 Å². The summed E-state index contributed by atoms with van der Waals surface area (Å²) >= 11 is 0. The van der Waals surface area contributed by atoms with Crippen LogP contribution in [0.3, 0.4) is 0 Å². The van der Waals surface area contributed by atoms with Gasteiger partial charge in [-0.1, -0.05) is 31.4 Å². The lowest BCUT2D eigenvalue weighted by atomic mass is 9.73. The Morgan fingerprint density at radius 2 is 1.76 bits per heavy atom. The number of nitrogens with zero attached hydrogens (tertiary/aromatic N) is 1. The van der Waals surface area contributed by atoms with E-state index in [9.17, 15) is 4.79 Å². The van der Waals surface area contributed by atoms with Gasteiger partial charge in [-0.2, -0.15) is 0 Å². The molecule has 1 spiro atoms. The summed E-state index contributed by atoms with van der Waals surface area (Å²) in [7, 11) is 0. The molecule has 116 valence electrons. The Bertz CT molecular complexity index is 480. The lowest BCUT2D eigenvalue weighted by molar-refractivity contribution is 0.0759. The van der Waals surface area contributed by atoms with Crippen molar-refractivity contribution >= 4 is 18.3 Å². The highest BCUT2D eigenvalue weighted by molar-refractivity contribution is 5.94. The average Bonchev–Trinajstić information content (AvgIpc) is 2.91. The summed E-state index contributed by atoms with van der Waals surface area (Å²) in [4.78, 5) is 14.6. The zero-order valence-corrected chi connectivity index (χ0v) is 13.3. The van der Waals surface area contributed by atoms with E-state index >= 15 is 0 Å². The molecule has 1 aromatic carbocycles. The first-order valence-electron chi connectivity index (χ1n) is 7.81. The molecule has 1 saturated heterocycles. The van der Waals surface area contributed by atoms with E-state index in [1.54, 1.807) is 0 Å². The summed E-state index contributed by atoms with van der Waals surface area (Å²) < 4.78 is 0. The van der Waals surface area contributed by atoms with Gasteiger partial charge in [0.25, 0.3) is 5.91 Å². The SMILES string of the molecule is Cl.NCc1ccc(C(=O)N2CCC3(CCCCC3)C2)cc1. The number of rotatable bonds is 2. The third-order valence-electron chi connectivity index (χ3n) is 5.08. The van der Waals surface area contributed by atoms with Crippen LogP contribution in [0.15, 0.2) is 24.3 Å². The van der Waals surface area contributed by atoms with Crippen LogP contribution in [0.4, 0.5) is 0 Å². The predicted octanol–water partition coefficient (Wildman–Crippen LogP) is 3.36. The largest absolute Gasteiger partial charge is 0.338 e. The van der Waals surface area contributed by atoms with E-state index in [4.69, 9.17) is 5.73 Å². The summed E-state index contributed by atoms with van der Waals surface area (Å²) in [6, 6.07) is 7.74. The molecule has 1 aliphatic heterocycles. The van der Waals surface area contributed by atoms with Crippen LogP contribution in [0.1, 0.15) is 54.4 Å². The minimum Gasteiger partial charge on any atom is -0.338 e. The van der Waals surface area contributed by atoms with Gasteiger partial charge in [-0.25, -0.2) is 0 Å². The quantitative estimate of drug-likeness (QED) is 0.910. The molecule has 2 fully saturated rings. The fourth-order valence-electron chi connectivity index (χ4n) is 3.78. The van der Waals surface area contributed by atoms with E-state index in [-0.39, 0.29) is 18.3 Å². The van der Waals surface area contributed by atoms with E-state index in [2.05, 4.69) is 4.90 Å². The van der Waals surface area contributed by atoms with Crippen molar-refractivity contribution in [3.63, 3.8) is 0 Å². The predicted molar refractivity (Wildman–Crippen MR) is 87.6 cm³/mol. The molecule has 1 aliphatic carbocycles. The van der Waals surface area contributed by atoms with Crippen LogP contribution in [-0.4, -0.2) is 23.9 Å². The fraction of sp³-hybridized carbons (Fsp3) is 0.588. The first kappa shape index (κ1) is 16.3. The highest BCUT2D eigenvalue weighted by atomic mass is 35.5. The molecular weight excluding hydrogens is 284 g/mol. The summed E-state index contributed by atoms with van der Waals surface area (Å²) in [5.74, 6) is 0.191. The van der Waals surface area contributed by atoms with Gasteiger partial charge in [0.1, 0.15) is 0 Å². The highest BCUT2D eigenvalue weighted by Crippen LogP contribution is 2.43. The van der Waals surface area contributed by atoms with Gasteiger partial charge in [-0.3, -0.25) is 4.79 Å². The van der Waals surface area contributed by atoms with Crippen LogP contribution in [-0.2, 0) is 6.54 Å². The number of hydrogen-bond acceptors (Lipinski definition) is 2. The lowest BCUT2D eigenvalue weighted by Crippen LogP contribution is -2.33. The summed E-state index contributed by atoms with van der Waals surface area (Å²) in [6.07, 6.45) is 7.86. The number of amides is 1. The van der Waals surface area contributed by atoms with Gasteiger partial charge >= 0.3 is 0 Å². The summed E-state index contributed by atoms with van der Waals surface area (Å²) in [5, 5.41) is 0. The van der Waals surface area contributed by atoms with Crippen molar-refractivity contribution in [1.29, 1.82) is 0 Å². The third-order valence-corrected chi connectivity index (χ3v) is 5.08. The lowest BCUT2D eigenvalue weighted by Gasteiger charge is -2.33. The van der Waals surface area contributed by atoms with Crippen molar-refractivity contribution in [1.82, 2.24) is 4.90 Å². The number of nitrogens with two attached hydrogens (primary N) is 1. The molecular formula is C17H25ClN2O. The maximum Gasteiger partial charge on any atom is 0.253 e. The van der Waals surface area contributed by atoms with Gasteiger partial charge in [0.15, 0.2) is 0 Å². The van der Waals surface area contributed by atoms with Crippen LogP contribution in [0.5, 0.6) is 0 Å². The zero-order valence-electron chi connectivity index (χ0n) is 12.5. The topological polar surface area (TPSA) is 46.3 Å². The molecule has 21 heavy (non-hydrogen) atoms. The van der Waals surface area contributed by atoms with Gasteiger partial charge in [-0.05, 0) is 42.4 Å². The second-order valence-electron chi connectivity index (χ2n) is 6.44. The normalized spacial score (nSPS) is 20.3. The van der Waals surface area contributed by atoms with E-state index < -0.39 is 0 Å². The summed E-state index contributed by atoms with van der Waals surface area (Å²) in [6.45, 7) is 2.42. The Morgan fingerprint density at radius 3 is 2.38 bits per heavy atom. The monoisotopic (exact) mass is 308 g/mol. The first-order valence-corrected chi connectivity index (χ1v) is 7.81. The van der Waals surface area contributed by atoms with Crippen molar-refractivity contribution in [3.05, 3.63) is 35.4 Å². The third kappa shape index (κ3) is 3.41. The molecule has 3 rings (SSSR count). The smallest absolute Gasteiger partial charge is 0.253 e. The zero-order chi connectivity index (χ0) is 14.0.